The number of aliphatic carboxylic acids is 1. The number of guanidine groups is 1. The van der Waals surface area contributed by atoms with Crippen molar-refractivity contribution in [3.05, 3.63) is 46.0 Å². The van der Waals surface area contributed by atoms with Gasteiger partial charge in [-0.05, 0) is 39.2 Å². The monoisotopic (exact) mass is 466 g/mol. The fourth-order valence-electron chi connectivity index (χ4n) is 2.66. The molecule has 33 heavy (non-hydrogen) atoms. The lowest BCUT2D eigenvalue weighted by molar-refractivity contribution is -0.525. The van der Waals surface area contributed by atoms with Crippen molar-refractivity contribution in [2.75, 3.05) is 6.54 Å². The van der Waals surface area contributed by atoms with Crippen LogP contribution >= 0.6 is 0 Å². The van der Waals surface area contributed by atoms with E-state index in [0.29, 0.717) is 0 Å². The Hall–Kier alpha value is -3.90. The van der Waals surface area contributed by atoms with Crippen molar-refractivity contribution in [1.82, 2.24) is 16.1 Å². The molecule has 13 nitrogen and oxygen atoms in total. The number of carbonyl (C=O) groups is 3. The molecule has 182 valence electrons. The molecule has 0 saturated carbocycles. The van der Waals surface area contributed by atoms with Gasteiger partial charge < -0.3 is 26.2 Å². The van der Waals surface area contributed by atoms with E-state index in [0.717, 1.165) is 5.56 Å². The average molecular weight is 466 g/mol. The van der Waals surface area contributed by atoms with Crippen molar-refractivity contribution in [1.29, 1.82) is 0 Å². The second kappa shape index (κ2) is 12.8. The molecule has 2 amide bonds. The molecule has 0 aliphatic heterocycles. The number of nitrogens with zero attached hydrogens (tertiary/aromatic N) is 2. The molecule has 6 N–H and O–H groups in total. The Morgan fingerprint density at radius 2 is 1.82 bits per heavy atom. The quantitative estimate of drug-likeness (QED) is 0.102. The highest BCUT2D eigenvalue weighted by molar-refractivity contribution is 5.89. The van der Waals surface area contributed by atoms with E-state index in [1.54, 1.807) is 56.5 Å². The molecule has 0 radical (unpaired) electrons. The van der Waals surface area contributed by atoms with Crippen molar-refractivity contribution in [2.45, 2.75) is 57.7 Å². The van der Waals surface area contributed by atoms with Crippen LogP contribution in [0.15, 0.2) is 35.3 Å². The summed E-state index contributed by atoms with van der Waals surface area (Å²) in [4.78, 5) is 50.7. The van der Waals surface area contributed by atoms with E-state index in [4.69, 9.17) is 10.5 Å². The van der Waals surface area contributed by atoms with Gasteiger partial charge in [-0.3, -0.25) is 4.79 Å². The fourth-order valence-corrected chi connectivity index (χ4v) is 2.66. The third-order valence-electron chi connectivity index (χ3n) is 4.04. The Morgan fingerprint density at radius 3 is 2.36 bits per heavy atom. The number of amides is 2. The first-order valence-electron chi connectivity index (χ1n) is 10.1. The van der Waals surface area contributed by atoms with E-state index in [-0.39, 0.29) is 25.8 Å². The first kappa shape index (κ1) is 27.1. The van der Waals surface area contributed by atoms with Gasteiger partial charge in [0.05, 0.1) is 0 Å². The van der Waals surface area contributed by atoms with E-state index < -0.39 is 46.6 Å². The maximum atomic E-state index is 12.8. The minimum absolute atomic E-state index is 0.00985. The normalized spacial score (nSPS) is 13.4. The van der Waals surface area contributed by atoms with Crippen LogP contribution in [0.4, 0.5) is 4.79 Å². The summed E-state index contributed by atoms with van der Waals surface area (Å²) in [5.74, 6) is -2.39. The topological polar surface area (TPSA) is 198 Å². The SMILES string of the molecule is CC(C)(C)OC(=O)N[C@H](Cc1ccccc1)C(=O)N[C@H](CCCN=C(N)N[N+](=O)[O-])C(=O)O. The molecule has 0 aromatic heterocycles. The number of nitrogens with two attached hydrogens (primary N) is 1. The van der Waals surface area contributed by atoms with Crippen LogP contribution in [0.25, 0.3) is 0 Å². The minimum Gasteiger partial charge on any atom is -0.480 e. The first-order valence-corrected chi connectivity index (χ1v) is 10.1. The number of carboxylic acids is 1. The third-order valence-corrected chi connectivity index (χ3v) is 4.04. The number of alkyl carbamates (subject to hydrolysis) is 1. The van der Waals surface area contributed by atoms with E-state index in [2.05, 4.69) is 15.6 Å². The van der Waals surface area contributed by atoms with Gasteiger partial charge in [0.2, 0.25) is 5.91 Å². The van der Waals surface area contributed by atoms with Crippen LogP contribution in [-0.2, 0) is 20.7 Å². The summed E-state index contributed by atoms with van der Waals surface area (Å²) in [6.45, 7) is 5.04. The van der Waals surface area contributed by atoms with Gasteiger partial charge in [-0.15, -0.1) is 0 Å². The van der Waals surface area contributed by atoms with Gasteiger partial charge in [0.1, 0.15) is 17.7 Å². The van der Waals surface area contributed by atoms with Crippen molar-refractivity contribution >= 4 is 23.9 Å². The number of hydrogen-bond acceptors (Lipinski definition) is 7. The third kappa shape index (κ3) is 11.9. The minimum atomic E-state index is -1.28. The number of hydrogen-bond donors (Lipinski definition) is 5. The molecule has 13 heteroatoms. The zero-order chi connectivity index (χ0) is 25.0. The summed E-state index contributed by atoms with van der Waals surface area (Å²) in [7, 11) is 0. The smallest absolute Gasteiger partial charge is 0.408 e. The van der Waals surface area contributed by atoms with Crippen LogP contribution in [0.1, 0.15) is 39.2 Å². The van der Waals surface area contributed by atoms with Gasteiger partial charge in [-0.1, -0.05) is 35.8 Å². The van der Waals surface area contributed by atoms with Gasteiger partial charge in [0, 0.05) is 13.0 Å². The molecule has 0 fully saturated rings. The Labute approximate surface area is 190 Å². The molecule has 1 aromatic rings. The molecule has 0 spiro atoms. The zero-order valence-corrected chi connectivity index (χ0v) is 18.7. The van der Waals surface area contributed by atoms with Gasteiger partial charge in [0.25, 0.3) is 5.96 Å². The number of aliphatic imine (C=N–C) groups is 1. The zero-order valence-electron chi connectivity index (χ0n) is 18.7. The van der Waals surface area contributed by atoms with E-state index in [1.807, 2.05) is 0 Å². The highest BCUT2D eigenvalue weighted by Crippen LogP contribution is 2.09. The molecule has 0 heterocycles. The summed E-state index contributed by atoms with van der Waals surface area (Å²) < 4.78 is 5.21. The Balaban J connectivity index is 2.82. The number of rotatable bonds is 11. The Morgan fingerprint density at radius 1 is 1.18 bits per heavy atom. The lowest BCUT2D eigenvalue weighted by Gasteiger charge is -2.24. The van der Waals surface area contributed by atoms with Crippen LogP contribution in [0.2, 0.25) is 0 Å². The van der Waals surface area contributed by atoms with E-state index >= 15 is 0 Å². The van der Waals surface area contributed by atoms with Crippen LogP contribution in [0.3, 0.4) is 0 Å². The summed E-state index contributed by atoms with van der Waals surface area (Å²) >= 11 is 0. The number of carboxylic acid groups (broad SMARTS) is 1. The highest BCUT2D eigenvalue weighted by atomic mass is 16.7. The number of carbonyl (C=O) groups excluding carboxylic acids is 2. The van der Waals surface area contributed by atoms with Gasteiger partial charge in [0.15, 0.2) is 5.03 Å². The van der Waals surface area contributed by atoms with Crippen molar-refractivity contribution in [3.8, 4) is 0 Å². The van der Waals surface area contributed by atoms with Crippen LogP contribution in [-0.4, -0.2) is 58.3 Å². The second-order valence-electron chi connectivity index (χ2n) is 8.07. The van der Waals surface area contributed by atoms with Crippen LogP contribution in [0, 0.1) is 10.1 Å². The molecule has 1 rings (SSSR count). The molecular weight excluding hydrogens is 436 g/mol. The van der Waals surface area contributed by atoms with Crippen molar-refractivity contribution in [3.63, 3.8) is 0 Å². The molecule has 2 atom stereocenters. The molecule has 1 aromatic carbocycles. The lowest BCUT2D eigenvalue weighted by atomic mass is 10.0. The average Bonchev–Trinajstić information content (AvgIpc) is 2.68. The first-order chi connectivity index (χ1) is 15.4. The van der Waals surface area contributed by atoms with Gasteiger partial charge in [-0.25, -0.2) is 24.7 Å². The van der Waals surface area contributed by atoms with Gasteiger partial charge in [-0.2, -0.15) is 0 Å². The number of nitro groups is 1. The van der Waals surface area contributed by atoms with E-state index in [9.17, 15) is 29.6 Å². The number of ether oxygens (including phenoxy) is 1. The predicted octanol–water partition coefficient (Wildman–Crippen LogP) is 0.568. The summed E-state index contributed by atoms with van der Waals surface area (Å²) in [5.41, 5.74) is 6.93. The van der Waals surface area contributed by atoms with Crippen molar-refractivity contribution in [2.24, 2.45) is 10.7 Å². The molecule has 0 aliphatic carbocycles. The highest BCUT2D eigenvalue weighted by Gasteiger charge is 2.28. The summed E-state index contributed by atoms with van der Waals surface area (Å²) in [6.07, 6.45) is -0.527. The molecule has 0 unspecified atom stereocenters. The maximum absolute atomic E-state index is 12.8. The number of nitrogens with one attached hydrogen (secondary N) is 3. The second-order valence-corrected chi connectivity index (χ2v) is 8.07. The Kier molecular flexibility index (Phi) is 10.6. The van der Waals surface area contributed by atoms with Gasteiger partial charge >= 0.3 is 12.1 Å². The molecule has 0 bridgehead atoms. The van der Waals surface area contributed by atoms with Crippen LogP contribution < -0.4 is 21.8 Å². The summed E-state index contributed by atoms with van der Waals surface area (Å²) in [6, 6.07) is 6.55. The summed E-state index contributed by atoms with van der Waals surface area (Å²) in [5, 5.41) is 23.8. The largest absolute Gasteiger partial charge is 0.480 e. The predicted molar refractivity (Wildman–Crippen MR) is 119 cm³/mol. The van der Waals surface area contributed by atoms with E-state index in [1.165, 1.54) is 0 Å². The van der Waals surface area contributed by atoms with Crippen molar-refractivity contribution < 1.29 is 29.3 Å². The molecular formula is C20H30N6O7. The molecule has 0 aliphatic rings. The fraction of sp³-hybridized carbons (Fsp3) is 0.500. The maximum Gasteiger partial charge on any atom is 0.408 e. The Bertz CT molecular complexity index is 854. The standard InChI is InChI=1S/C20H30N6O7/c1-20(2,3)33-19(30)24-15(12-13-8-5-4-6-9-13)16(27)23-14(17(28)29)10-7-11-22-18(21)25-26(31)32/h4-6,8-9,14-15H,7,10-12H2,1-3H3,(H,23,27)(H,24,30)(H,28,29)(H3,21,22,25)/t14-,15-/m1/s1. The molecule has 0 saturated heterocycles. The number of benzene rings is 1. The number of hydrazine groups is 1. The van der Waals surface area contributed by atoms with Crippen LogP contribution in [0.5, 0.6) is 0 Å². The lowest BCUT2D eigenvalue weighted by Crippen LogP contribution is -2.53.